The first-order chi connectivity index (χ1) is 0. The Morgan fingerprint density at radius 3 is 1.00 bits per heavy atom. The maximum atomic E-state index is 0. The summed E-state index contributed by atoms with van der Waals surface area (Å²) in [6.07, 6.45) is 0. The molecule has 0 aromatic carbocycles. The third-order valence-electron chi connectivity index (χ3n) is 0. The van der Waals surface area contributed by atoms with Crippen LogP contribution in [0.25, 0.3) is 0 Å². The Morgan fingerprint density at radius 1 is 1.00 bits per heavy atom. The molecular weight excluding hydrogens is 511 g/mol. The second kappa shape index (κ2) is 58.7. The predicted molar refractivity (Wildman–Crippen MR) is 0 cm³/mol. The normalized spacial score (nSPS) is 0. The molecule has 0 nitrogen and oxygen atoms in total. The Bertz CT molecular complexity index is 24.0. The summed E-state index contributed by atoms with van der Waals surface area (Å²) < 4.78 is 0. The van der Waals surface area contributed by atoms with Gasteiger partial charge in [-0.1, -0.05) is 0 Å². The van der Waals surface area contributed by atoms with Gasteiger partial charge >= 0.3 is 0 Å². The van der Waals surface area contributed by atoms with Gasteiger partial charge in [0.15, 0.2) is 0 Å². The van der Waals surface area contributed by atoms with Gasteiger partial charge in [0.05, 0.1) is 0 Å². The minimum absolute atomic E-state index is 0. The second-order valence-electron chi connectivity index (χ2n) is 0. The molecule has 0 aliphatic rings. The first kappa shape index (κ1) is 75.8. The quantitative estimate of drug-likeness (QED) is 0.402. The van der Waals surface area contributed by atoms with Crippen LogP contribution in [0.3, 0.4) is 0 Å². The predicted octanol–water partition coefficient (Wildman–Crippen LogP) is -0.0200. The number of hydrogen-bond acceptors (Lipinski definition) is 0. The van der Waals surface area contributed by atoms with E-state index in [4.69, 9.17) is 0 Å². The van der Waals surface area contributed by atoms with Gasteiger partial charge in [-0.2, -0.15) is 0 Å². The molecule has 0 saturated heterocycles. The summed E-state index contributed by atoms with van der Waals surface area (Å²) in [4.78, 5) is 0. The van der Waals surface area contributed by atoms with Gasteiger partial charge < -0.3 is 0 Å². The first-order valence-corrected chi connectivity index (χ1v) is 0. The smallest absolute Gasteiger partial charge is 0 e. The van der Waals surface area contributed by atoms with E-state index in [9.17, 15) is 0 Å². The van der Waals surface area contributed by atoms with E-state index in [-0.39, 0.29) is 155 Å². The average Bonchev–Trinajstić information content (AvgIpc) is 0. The van der Waals surface area contributed by atoms with Crippen LogP contribution in [0.1, 0.15) is 0 Å². The fraction of sp³-hybridized carbons (Fsp3) is 0. The molecule has 0 heterocycles. The van der Waals surface area contributed by atoms with Crippen LogP contribution in [0, 0.1) is 0 Å². The molecule has 52 valence electrons. The van der Waals surface area contributed by atoms with Crippen molar-refractivity contribution < 1.29 is 155 Å². The molecule has 0 spiro atoms. The number of hydrogen-bond donors (Lipinski definition) is 0. The van der Waals surface area contributed by atoms with E-state index in [2.05, 4.69) is 0 Å². The Labute approximate surface area is 152 Å². The van der Waals surface area contributed by atoms with Gasteiger partial charge in [-0.3, -0.25) is 0 Å². The third kappa shape index (κ3) is 44.4. The van der Waals surface area contributed by atoms with Crippen LogP contribution in [0.15, 0.2) is 0 Å². The van der Waals surface area contributed by atoms with Gasteiger partial charge in [-0.05, 0) is 0 Å². The molecule has 0 unspecified atom stereocenters. The van der Waals surface area contributed by atoms with Crippen LogP contribution in [0.4, 0.5) is 0 Å². The molecule has 8 heavy (non-hydrogen) atoms. The van der Waals surface area contributed by atoms with E-state index >= 15 is 0 Å². The van der Waals surface area contributed by atoms with Crippen LogP contribution in [-0.2, 0) is 155 Å². The van der Waals surface area contributed by atoms with E-state index in [1.165, 1.54) is 0 Å². The van der Waals surface area contributed by atoms with E-state index in [1.807, 2.05) is 0 Å². The molecule has 8 heteroatoms. The average molecular weight is 511 g/mol. The minimum Gasteiger partial charge on any atom is 0 e. The van der Waals surface area contributed by atoms with Crippen molar-refractivity contribution in [2.75, 3.05) is 0 Å². The first-order valence-electron chi connectivity index (χ1n) is 0. The molecule has 0 amide bonds. The van der Waals surface area contributed by atoms with E-state index < -0.39 is 0 Å². The Kier molecular flexibility index (Phi) is 556. The third-order valence-corrected chi connectivity index (χ3v) is 0. The van der Waals surface area contributed by atoms with Crippen molar-refractivity contribution in [2.24, 2.45) is 0 Å². The van der Waals surface area contributed by atoms with Crippen molar-refractivity contribution in [2.45, 2.75) is 0 Å². The van der Waals surface area contributed by atoms with E-state index in [0.29, 0.717) is 0 Å². The molecule has 0 aromatic heterocycles. The Morgan fingerprint density at radius 2 is 1.00 bits per heavy atom. The monoisotopic (exact) mass is 511 g/mol. The maximum absolute atomic E-state index is 0. The van der Waals surface area contributed by atoms with Gasteiger partial charge in [-0.25, -0.2) is 0 Å². The molecule has 0 aliphatic carbocycles. The standard InChI is InChI=1S/Co.Cr.Fe.Mo.Ni.Ti.V.Zr. The molecule has 0 bridgehead atoms. The summed E-state index contributed by atoms with van der Waals surface area (Å²) in [6, 6.07) is 0. The molecule has 0 N–H and O–H groups in total. The van der Waals surface area contributed by atoms with Crippen LogP contribution < -0.4 is 0 Å². The fourth-order valence-electron chi connectivity index (χ4n) is 0. The van der Waals surface area contributed by atoms with Crippen molar-refractivity contribution in [1.82, 2.24) is 0 Å². The van der Waals surface area contributed by atoms with E-state index in [1.54, 1.807) is 0 Å². The van der Waals surface area contributed by atoms with Crippen LogP contribution in [0.2, 0.25) is 0 Å². The molecule has 0 aromatic rings. The summed E-state index contributed by atoms with van der Waals surface area (Å²) in [5.74, 6) is 0. The fourth-order valence-corrected chi connectivity index (χ4v) is 0. The SMILES string of the molecule is [Co].[Cr].[Fe].[Mo].[Ni].[Ti].[V].[Zr]. The topological polar surface area (TPSA) is 0 Å². The van der Waals surface area contributed by atoms with Crippen LogP contribution in [0.5, 0.6) is 0 Å². The summed E-state index contributed by atoms with van der Waals surface area (Å²) in [5.41, 5.74) is 0. The molecule has 0 rings (SSSR count). The zero-order chi connectivity index (χ0) is 0. The van der Waals surface area contributed by atoms with E-state index in [0.717, 1.165) is 0 Å². The van der Waals surface area contributed by atoms with Crippen LogP contribution >= 0.6 is 0 Å². The molecule has 2 radical (unpaired) electrons. The Balaban J connectivity index is 0. The molecule has 0 saturated carbocycles. The van der Waals surface area contributed by atoms with Crippen molar-refractivity contribution in [1.29, 1.82) is 0 Å². The second-order valence-corrected chi connectivity index (χ2v) is 0. The maximum Gasteiger partial charge on any atom is 0 e. The molecule has 0 aliphatic heterocycles. The largest absolute Gasteiger partial charge is 0 e. The van der Waals surface area contributed by atoms with Crippen molar-refractivity contribution in [3.63, 3.8) is 0 Å². The summed E-state index contributed by atoms with van der Waals surface area (Å²) in [5, 5.41) is 0. The minimum atomic E-state index is 0. The summed E-state index contributed by atoms with van der Waals surface area (Å²) in [7, 11) is 0. The number of rotatable bonds is 0. The zero-order valence-corrected chi connectivity index (χ0v) is 15.1. The molecular formula is CoCrFeMoNiTiVZr. The zero-order valence-electron chi connectivity index (χ0n) is 3.27. The van der Waals surface area contributed by atoms with Gasteiger partial charge in [0, 0.05) is 155 Å². The Hall–Kier alpha value is 4.92. The molecule has 0 fully saturated rings. The summed E-state index contributed by atoms with van der Waals surface area (Å²) in [6.45, 7) is 0. The van der Waals surface area contributed by atoms with Crippen molar-refractivity contribution in [3.8, 4) is 0 Å². The molecule has 0 atom stereocenters. The van der Waals surface area contributed by atoms with Gasteiger partial charge in [0.1, 0.15) is 0 Å². The van der Waals surface area contributed by atoms with Gasteiger partial charge in [-0.15, -0.1) is 0 Å². The summed E-state index contributed by atoms with van der Waals surface area (Å²) >= 11 is 0. The van der Waals surface area contributed by atoms with Gasteiger partial charge in [0.25, 0.3) is 0 Å². The van der Waals surface area contributed by atoms with Crippen molar-refractivity contribution in [3.05, 3.63) is 0 Å². The van der Waals surface area contributed by atoms with Crippen molar-refractivity contribution >= 4 is 0 Å². The van der Waals surface area contributed by atoms with Gasteiger partial charge in [0.2, 0.25) is 0 Å². The van der Waals surface area contributed by atoms with Crippen LogP contribution in [-0.4, -0.2) is 0 Å².